The minimum Gasteiger partial charge on any atom is -0.433 e. The molecule has 0 amide bonds. The zero-order chi connectivity index (χ0) is 26.9. The number of hydrogen-bond donors (Lipinski definition) is 1. The zero-order valence-corrected chi connectivity index (χ0v) is 22.4. The maximum atomic E-state index is 13.5. The highest BCUT2D eigenvalue weighted by Gasteiger charge is 2.35. The molecule has 0 unspecified atom stereocenters. The molecule has 2 aromatic rings. The molecule has 0 radical (unpaired) electrons. The van der Waals surface area contributed by atoms with Crippen molar-refractivity contribution in [1.29, 1.82) is 0 Å². The lowest BCUT2D eigenvalue weighted by Crippen LogP contribution is -2.41. The van der Waals surface area contributed by atoms with Crippen molar-refractivity contribution in [2.75, 3.05) is 38.2 Å². The molecule has 1 aromatic carbocycles. The number of anilines is 1. The number of aromatic nitrogens is 2. The molecule has 0 bridgehead atoms. The number of sulfonamides is 1. The van der Waals surface area contributed by atoms with Gasteiger partial charge >= 0.3 is 6.61 Å². The smallest absolute Gasteiger partial charge is 0.387 e. The van der Waals surface area contributed by atoms with Gasteiger partial charge in [-0.3, -0.25) is 4.79 Å². The maximum absolute atomic E-state index is 13.5. The highest BCUT2D eigenvalue weighted by Crippen LogP contribution is 2.43. The number of nitrogens with one attached hydrogen (secondary N) is 1. The summed E-state index contributed by atoms with van der Waals surface area (Å²) in [5, 5.41) is 7.54. The predicted molar refractivity (Wildman–Crippen MR) is 138 cm³/mol. The molecule has 1 atom stereocenters. The van der Waals surface area contributed by atoms with E-state index in [2.05, 4.69) is 15.2 Å². The molecule has 38 heavy (non-hydrogen) atoms. The second kappa shape index (κ2) is 11.4. The summed E-state index contributed by atoms with van der Waals surface area (Å²) in [7, 11) is -4.09. The third-order valence-electron chi connectivity index (χ3n) is 7.40. The van der Waals surface area contributed by atoms with Gasteiger partial charge in [0.25, 0.3) is 5.56 Å². The summed E-state index contributed by atoms with van der Waals surface area (Å²) in [6.45, 7) is -0.883. The molecule has 2 aliphatic heterocycles. The summed E-state index contributed by atoms with van der Waals surface area (Å²) >= 11 is 6.37. The van der Waals surface area contributed by atoms with Gasteiger partial charge in [0.2, 0.25) is 10.0 Å². The van der Waals surface area contributed by atoms with Gasteiger partial charge in [-0.25, -0.2) is 13.1 Å². The van der Waals surface area contributed by atoms with Crippen LogP contribution >= 0.6 is 11.6 Å². The van der Waals surface area contributed by atoms with Gasteiger partial charge in [-0.15, -0.1) is 0 Å². The van der Waals surface area contributed by atoms with Crippen molar-refractivity contribution in [3.63, 3.8) is 0 Å². The first-order chi connectivity index (χ1) is 18.2. The van der Waals surface area contributed by atoms with Crippen molar-refractivity contribution >= 4 is 27.3 Å². The number of hydrogen-bond acceptors (Lipinski definition) is 7. The van der Waals surface area contributed by atoms with Crippen LogP contribution in [-0.4, -0.2) is 62.0 Å². The van der Waals surface area contributed by atoms with E-state index in [0.717, 1.165) is 37.9 Å². The molecule has 1 aliphatic carbocycles. The van der Waals surface area contributed by atoms with Crippen LogP contribution in [0.2, 0.25) is 5.02 Å². The van der Waals surface area contributed by atoms with E-state index in [1.165, 1.54) is 27.3 Å². The van der Waals surface area contributed by atoms with Crippen LogP contribution in [0.5, 0.6) is 5.75 Å². The Bertz CT molecular complexity index is 1310. The van der Waals surface area contributed by atoms with Crippen LogP contribution in [0.15, 0.2) is 34.1 Å². The van der Waals surface area contributed by atoms with E-state index in [9.17, 15) is 22.0 Å². The molecular formula is C25H31ClF2N4O5S. The fraction of sp³-hybridized carbons (Fsp3) is 0.600. The van der Waals surface area contributed by atoms with E-state index in [1.54, 1.807) is 6.07 Å². The molecule has 9 nitrogen and oxygen atoms in total. The fourth-order valence-corrected chi connectivity index (χ4v) is 6.93. The average Bonchev–Trinajstić information content (AvgIpc) is 3.76. The Balaban J connectivity index is 1.27. The Hall–Kier alpha value is -2.28. The summed E-state index contributed by atoms with van der Waals surface area (Å²) in [6.07, 6.45) is 6.08. The lowest BCUT2D eigenvalue weighted by Gasteiger charge is -2.32. The first-order valence-corrected chi connectivity index (χ1v) is 14.7. The van der Waals surface area contributed by atoms with Crippen molar-refractivity contribution in [2.24, 2.45) is 5.92 Å². The number of ether oxygens (including phenoxy) is 2. The van der Waals surface area contributed by atoms with Crippen LogP contribution in [0.4, 0.5) is 14.5 Å². The number of benzene rings is 1. The van der Waals surface area contributed by atoms with Crippen LogP contribution in [-0.2, 0) is 14.8 Å². The van der Waals surface area contributed by atoms with Crippen molar-refractivity contribution in [3.8, 4) is 5.75 Å². The second-order valence-electron chi connectivity index (χ2n) is 10.1. The van der Waals surface area contributed by atoms with Crippen molar-refractivity contribution in [2.45, 2.75) is 62.0 Å². The molecule has 13 heteroatoms. The average molecular weight is 573 g/mol. The van der Waals surface area contributed by atoms with Gasteiger partial charge in [0, 0.05) is 26.2 Å². The van der Waals surface area contributed by atoms with Crippen LogP contribution in [0.3, 0.4) is 0 Å². The molecule has 1 saturated carbocycles. The van der Waals surface area contributed by atoms with Crippen LogP contribution in [0.1, 0.15) is 56.0 Å². The Morgan fingerprint density at radius 1 is 1.18 bits per heavy atom. The largest absolute Gasteiger partial charge is 0.433 e. The Labute approximate surface area is 225 Å². The molecule has 0 spiro atoms. The van der Waals surface area contributed by atoms with Gasteiger partial charge in [0.05, 0.1) is 24.5 Å². The molecule has 1 N–H and O–H groups in total. The minimum absolute atomic E-state index is 0.0393. The van der Waals surface area contributed by atoms with E-state index in [4.69, 9.17) is 16.3 Å². The molecular weight excluding hydrogens is 542 g/mol. The Morgan fingerprint density at radius 3 is 2.61 bits per heavy atom. The summed E-state index contributed by atoms with van der Waals surface area (Å²) < 4.78 is 65.5. The monoisotopic (exact) mass is 572 g/mol. The Kier molecular flexibility index (Phi) is 8.22. The predicted octanol–water partition coefficient (Wildman–Crippen LogP) is 4.24. The number of rotatable bonds is 9. The fourth-order valence-electron chi connectivity index (χ4n) is 5.11. The SMILES string of the molecule is O=c1c(Cl)c(NC[C@H]2CCCOC2)cnn1C1CCN(S(=O)(=O)c2cc(C3CC3)ccc2OC(F)F)CC1. The lowest BCUT2D eigenvalue weighted by atomic mass is 10.0. The molecule has 3 heterocycles. The van der Waals surface area contributed by atoms with E-state index < -0.39 is 22.2 Å². The van der Waals surface area contributed by atoms with E-state index in [1.807, 2.05) is 0 Å². The highest BCUT2D eigenvalue weighted by atomic mass is 35.5. The molecule has 208 valence electrons. The normalized spacial score (nSPS) is 21.5. The number of nitrogens with zero attached hydrogens (tertiary/aromatic N) is 3. The third kappa shape index (κ3) is 5.98. The first kappa shape index (κ1) is 27.3. The number of piperidine rings is 1. The van der Waals surface area contributed by atoms with Gasteiger partial charge in [-0.05, 0) is 68.1 Å². The topological polar surface area (TPSA) is 103 Å². The van der Waals surface area contributed by atoms with Crippen LogP contribution in [0, 0.1) is 5.92 Å². The minimum atomic E-state index is -4.09. The van der Waals surface area contributed by atoms with Gasteiger partial charge in [-0.1, -0.05) is 17.7 Å². The van der Waals surface area contributed by atoms with Crippen molar-refractivity contribution in [1.82, 2.24) is 14.1 Å². The molecule has 3 fully saturated rings. The first-order valence-electron chi connectivity index (χ1n) is 12.9. The maximum Gasteiger partial charge on any atom is 0.387 e. The summed E-state index contributed by atoms with van der Waals surface area (Å²) in [4.78, 5) is 12.7. The van der Waals surface area contributed by atoms with Gasteiger partial charge in [0.15, 0.2) is 0 Å². The number of halogens is 3. The van der Waals surface area contributed by atoms with Crippen molar-refractivity contribution in [3.05, 3.63) is 45.3 Å². The van der Waals surface area contributed by atoms with Gasteiger partial charge in [-0.2, -0.15) is 18.2 Å². The lowest BCUT2D eigenvalue weighted by molar-refractivity contribution is -0.0518. The van der Waals surface area contributed by atoms with Crippen LogP contribution < -0.4 is 15.6 Å². The van der Waals surface area contributed by atoms with E-state index in [-0.39, 0.29) is 40.7 Å². The summed E-state index contributed by atoms with van der Waals surface area (Å²) in [6, 6.07) is 4.06. The quantitative estimate of drug-likeness (QED) is 0.479. The molecule has 1 aromatic heterocycles. The summed E-state index contributed by atoms with van der Waals surface area (Å²) in [5.74, 6) is 0.218. The number of alkyl halides is 2. The van der Waals surface area contributed by atoms with E-state index >= 15 is 0 Å². The van der Waals surface area contributed by atoms with Crippen LogP contribution in [0.25, 0.3) is 0 Å². The highest BCUT2D eigenvalue weighted by molar-refractivity contribution is 7.89. The molecule has 3 aliphatic rings. The molecule has 5 rings (SSSR count). The van der Waals surface area contributed by atoms with E-state index in [0.29, 0.717) is 37.6 Å². The van der Waals surface area contributed by atoms with Gasteiger partial charge < -0.3 is 14.8 Å². The summed E-state index contributed by atoms with van der Waals surface area (Å²) in [5.41, 5.74) is 0.818. The second-order valence-corrected chi connectivity index (χ2v) is 12.4. The van der Waals surface area contributed by atoms with Gasteiger partial charge in [0.1, 0.15) is 15.7 Å². The standard InChI is InChI=1S/C25H31ClF2N4O5S/c26-23-20(29-13-16-2-1-11-36-15-16)14-30-32(24(23)33)19-7-9-31(10-8-19)38(34,35)22-12-18(17-3-4-17)5-6-21(22)37-25(27)28/h5-6,12,14,16-17,19,25,29H,1-4,7-11,13,15H2/t16-/m1/s1. The third-order valence-corrected chi connectivity index (χ3v) is 9.68. The van der Waals surface area contributed by atoms with Crippen molar-refractivity contribution < 1.29 is 26.7 Å². The zero-order valence-electron chi connectivity index (χ0n) is 20.8. The Morgan fingerprint density at radius 2 is 1.95 bits per heavy atom. The molecule has 2 saturated heterocycles.